The van der Waals surface area contributed by atoms with Crippen molar-refractivity contribution in [3.8, 4) is 0 Å². The van der Waals surface area contributed by atoms with Gasteiger partial charge in [-0.3, -0.25) is 4.79 Å². The van der Waals surface area contributed by atoms with Crippen LogP contribution in [0.25, 0.3) is 0 Å². The normalized spacial score (nSPS) is 17.9. The Labute approximate surface area is 118 Å². The van der Waals surface area contributed by atoms with Crippen molar-refractivity contribution in [2.24, 2.45) is 11.7 Å². The number of likely N-dealkylation sites (tertiary alicyclic amines) is 1. The van der Waals surface area contributed by atoms with Gasteiger partial charge in [-0.25, -0.2) is 0 Å². The molecule has 1 saturated heterocycles. The number of carbonyl (C=O) groups is 1. The average Bonchev–Trinajstić information content (AvgIpc) is 2.41. The molecule has 1 aliphatic heterocycles. The van der Waals surface area contributed by atoms with Gasteiger partial charge in [0.15, 0.2) is 0 Å². The number of carbonyl (C=O) groups excluding carboxylic acids is 1. The number of piperidine rings is 1. The van der Waals surface area contributed by atoms with E-state index >= 15 is 0 Å². The fraction of sp³-hybridized carbons (Fsp3) is 0.933. The molecular formula is C15H31N3O. The first-order chi connectivity index (χ1) is 9.21. The number of amides is 1. The first kappa shape index (κ1) is 16.4. The zero-order valence-corrected chi connectivity index (χ0v) is 12.7. The smallest absolute Gasteiger partial charge is 0.223 e. The van der Waals surface area contributed by atoms with Gasteiger partial charge in [0.1, 0.15) is 0 Å². The van der Waals surface area contributed by atoms with Gasteiger partial charge in [0.2, 0.25) is 5.91 Å². The summed E-state index contributed by atoms with van der Waals surface area (Å²) in [6.07, 6.45) is 6.35. The highest BCUT2D eigenvalue weighted by Crippen LogP contribution is 2.16. The van der Waals surface area contributed by atoms with Gasteiger partial charge in [-0.1, -0.05) is 26.7 Å². The van der Waals surface area contributed by atoms with Crippen LogP contribution in [0.4, 0.5) is 0 Å². The van der Waals surface area contributed by atoms with Crippen LogP contribution in [0.3, 0.4) is 0 Å². The maximum atomic E-state index is 12.3. The minimum Gasteiger partial charge on any atom is -0.353 e. The Morgan fingerprint density at radius 2 is 1.84 bits per heavy atom. The largest absolute Gasteiger partial charge is 0.353 e. The maximum absolute atomic E-state index is 12.3. The van der Waals surface area contributed by atoms with Gasteiger partial charge in [0.05, 0.1) is 0 Å². The summed E-state index contributed by atoms with van der Waals surface area (Å²) in [5.74, 6) is 0.498. The lowest BCUT2D eigenvalue weighted by atomic mass is 9.96. The van der Waals surface area contributed by atoms with E-state index in [1.807, 2.05) is 0 Å². The van der Waals surface area contributed by atoms with E-state index in [-0.39, 0.29) is 11.8 Å². The molecule has 1 rings (SSSR count). The van der Waals surface area contributed by atoms with Crippen molar-refractivity contribution in [3.63, 3.8) is 0 Å². The number of hydrogen-bond donors (Lipinski definition) is 2. The Balaban J connectivity index is 2.32. The Morgan fingerprint density at radius 3 is 2.32 bits per heavy atom. The van der Waals surface area contributed by atoms with Gasteiger partial charge in [0.25, 0.3) is 0 Å². The van der Waals surface area contributed by atoms with Crippen LogP contribution in [-0.2, 0) is 4.79 Å². The van der Waals surface area contributed by atoms with Gasteiger partial charge < -0.3 is 16.0 Å². The Bertz CT molecular complexity index is 244. The second kappa shape index (κ2) is 9.32. The molecule has 1 amide bonds. The average molecular weight is 269 g/mol. The van der Waals surface area contributed by atoms with Crippen LogP contribution >= 0.6 is 0 Å². The zero-order chi connectivity index (χ0) is 14.1. The van der Waals surface area contributed by atoms with E-state index < -0.39 is 0 Å². The van der Waals surface area contributed by atoms with Crippen molar-refractivity contribution in [2.45, 2.75) is 58.4 Å². The van der Waals surface area contributed by atoms with Crippen molar-refractivity contribution < 1.29 is 4.79 Å². The van der Waals surface area contributed by atoms with E-state index in [1.54, 1.807) is 0 Å². The predicted octanol–water partition coefficient (Wildman–Crippen LogP) is 1.74. The Hall–Kier alpha value is -0.610. The third-order valence-corrected chi connectivity index (χ3v) is 4.02. The Morgan fingerprint density at radius 1 is 1.26 bits per heavy atom. The van der Waals surface area contributed by atoms with Crippen molar-refractivity contribution >= 4 is 5.91 Å². The van der Waals surface area contributed by atoms with Gasteiger partial charge >= 0.3 is 0 Å². The van der Waals surface area contributed by atoms with Crippen LogP contribution in [0.15, 0.2) is 0 Å². The second-order valence-corrected chi connectivity index (χ2v) is 5.69. The molecule has 0 aromatic carbocycles. The Kier molecular flexibility index (Phi) is 8.07. The molecule has 0 radical (unpaired) electrons. The molecule has 3 N–H and O–H groups in total. The van der Waals surface area contributed by atoms with E-state index in [0.717, 1.165) is 64.7 Å². The van der Waals surface area contributed by atoms with Gasteiger partial charge in [0, 0.05) is 38.1 Å². The van der Waals surface area contributed by atoms with Gasteiger partial charge in [-0.15, -0.1) is 0 Å². The molecule has 112 valence electrons. The van der Waals surface area contributed by atoms with Crippen molar-refractivity contribution in [1.29, 1.82) is 0 Å². The molecule has 0 aromatic heterocycles. The quantitative estimate of drug-likeness (QED) is 0.706. The SMILES string of the molecule is CCCC(CCC)C(=O)NC1CCN(CCN)CC1. The number of rotatable bonds is 8. The molecule has 0 atom stereocenters. The highest BCUT2D eigenvalue weighted by atomic mass is 16.1. The first-order valence-electron chi connectivity index (χ1n) is 7.94. The summed E-state index contributed by atoms with van der Waals surface area (Å²) < 4.78 is 0. The highest BCUT2D eigenvalue weighted by molar-refractivity contribution is 5.78. The molecule has 19 heavy (non-hydrogen) atoms. The summed E-state index contributed by atoms with van der Waals surface area (Å²) >= 11 is 0. The lowest BCUT2D eigenvalue weighted by Crippen LogP contribution is -2.47. The summed E-state index contributed by atoms with van der Waals surface area (Å²) in [5, 5.41) is 3.25. The van der Waals surface area contributed by atoms with Crippen LogP contribution in [0.2, 0.25) is 0 Å². The van der Waals surface area contributed by atoms with E-state index in [1.165, 1.54) is 0 Å². The molecule has 0 saturated carbocycles. The molecule has 1 aliphatic rings. The number of hydrogen-bond acceptors (Lipinski definition) is 3. The van der Waals surface area contributed by atoms with E-state index in [2.05, 4.69) is 24.1 Å². The summed E-state index contributed by atoms with van der Waals surface area (Å²) in [6, 6.07) is 0.373. The number of nitrogens with zero attached hydrogens (tertiary/aromatic N) is 1. The molecule has 4 heteroatoms. The van der Waals surface area contributed by atoms with Gasteiger partial charge in [-0.05, 0) is 25.7 Å². The third-order valence-electron chi connectivity index (χ3n) is 4.02. The molecule has 1 fully saturated rings. The molecular weight excluding hydrogens is 238 g/mol. The van der Waals surface area contributed by atoms with Crippen molar-refractivity contribution in [1.82, 2.24) is 10.2 Å². The molecule has 4 nitrogen and oxygen atoms in total. The van der Waals surface area contributed by atoms with E-state index in [4.69, 9.17) is 5.73 Å². The zero-order valence-electron chi connectivity index (χ0n) is 12.7. The molecule has 0 aromatic rings. The van der Waals surface area contributed by atoms with Crippen LogP contribution in [0.5, 0.6) is 0 Å². The minimum absolute atomic E-state index is 0.220. The third kappa shape index (κ3) is 5.91. The lowest BCUT2D eigenvalue weighted by molar-refractivity contribution is -0.126. The monoisotopic (exact) mass is 269 g/mol. The minimum atomic E-state index is 0.220. The van der Waals surface area contributed by atoms with Crippen LogP contribution < -0.4 is 11.1 Å². The molecule has 1 heterocycles. The van der Waals surface area contributed by atoms with Crippen molar-refractivity contribution in [3.05, 3.63) is 0 Å². The van der Waals surface area contributed by atoms with E-state index in [0.29, 0.717) is 6.04 Å². The highest BCUT2D eigenvalue weighted by Gasteiger charge is 2.23. The molecule has 0 unspecified atom stereocenters. The van der Waals surface area contributed by atoms with Crippen LogP contribution in [0, 0.1) is 5.92 Å². The summed E-state index contributed by atoms with van der Waals surface area (Å²) in [7, 11) is 0. The topological polar surface area (TPSA) is 58.4 Å². The number of nitrogens with one attached hydrogen (secondary N) is 1. The fourth-order valence-electron chi connectivity index (χ4n) is 2.91. The lowest BCUT2D eigenvalue weighted by Gasteiger charge is -2.32. The summed E-state index contributed by atoms with van der Waals surface area (Å²) in [6.45, 7) is 8.15. The predicted molar refractivity (Wildman–Crippen MR) is 80.0 cm³/mol. The number of nitrogens with two attached hydrogens (primary N) is 1. The van der Waals surface area contributed by atoms with Crippen molar-refractivity contribution in [2.75, 3.05) is 26.2 Å². The molecule has 0 bridgehead atoms. The molecule has 0 spiro atoms. The summed E-state index contributed by atoms with van der Waals surface area (Å²) in [5.41, 5.74) is 5.57. The fourth-order valence-corrected chi connectivity index (χ4v) is 2.91. The first-order valence-corrected chi connectivity index (χ1v) is 7.94. The molecule has 0 aliphatic carbocycles. The summed E-state index contributed by atoms with van der Waals surface area (Å²) in [4.78, 5) is 14.6. The van der Waals surface area contributed by atoms with E-state index in [9.17, 15) is 4.79 Å². The standard InChI is InChI=1S/C15H31N3O/c1-3-5-13(6-4-2)15(19)17-14-7-10-18(11-8-14)12-9-16/h13-14H,3-12,16H2,1-2H3,(H,17,19). The van der Waals surface area contributed by atoms with Crippen LogP contribution in [-0.4, -0.2) is 43.0 Å². The maximum Gasteiger partial charge on any atom is 0.223 e. The van der Waals surface area contributed by atoms with Gasteiger partial charge in [-0.2, -0.15) is 0 Å². The van der Waals surface area contributed by atoms with Crippen LogP contribution in [0.1, 0.15) is 52.4 Å². The second-order valence-electron chi connectivity index (χ2n) is 5.69.